The largest absolute Gasteiger partial charge is 0.388 e. The highest BCUT2D eigenvalue weighted by molar-refractivity contribution is 8.03. The van der Waals surface area contributed by atoms with Gasteiger partial charge in [-0.3, -0.25) is 0 Å². The molecule has 2 atom stereocenters. The Morgan fingerprint density at radius 3 is 2.11 bits per heavy atom. The Hall–Kier alpha value is -1.51. The molecule has 0 aromatic heterocycles. The van der Waals surface area contributed by atoms with Gasteiger partial charge in [-0.05, 0) is 22.6 Å². The molecule has 98 valence electrons. The molecule has 0 spiro atoms. The highest BCUT2D eigenvalue weighted by Crippen LogP contribution is 2.36. The van der Waals surface area contributed by atoms with Crippen LogP contribution in [0.4, 0.5) is 0 Å². The molecule has 0 aliphatic heterocycles. The number of hydrogen-bond donors (Lipinski definition) is 1. The molecule has 0 bridgehead atoms. The fourth-order valence-electron chi connectivity index (χ4n) is 1.85. The third-order valence-corrected chi connectivity index (χ3v) is 4.26. The van der Waals surface area contributed by atoms with Gasteiger partial charge in [0.05, 0.1) is 6.10 Å². The fraction of sp³-hybridized carbons (Fsp3) is 0.176. The van der Waals surface area contributed by atoms with Crippen molar-refractivity contribution < 1.29 is 5.11 Å². The maximum atomic E-state index is 10.4. The van der Waals surface area contributed by atoms with Crippen molar-refractivity contribution in [2.24, 2.45) is 5.92 Å². The van der Waals surface area contributed by atoms with Gasteiger partial charge < -0.3 is 5.11 Å². The quantitative estimate of drug-likeness (QED) is 0.797. The summed E-state index contributed by atoms with van der Waals surface area (Å²) in [5.74, 6) is 0.00704. The molecule has 2 heteroatoms. The van der Waals surface area contributed by atoms with Gasteiger partial charge in [0.2, 0.25) is 0 Å². The lowest BCUT2D eigenvalue weighted by Gasteiger charge is -2.21. The van der Waals surface area contributed by atoms with E-state index in [1.54, 1.807) is 11.8 Å². The second-order valence-electron chi connectivity index (χ2n) is 4.53. The van der Waals surface area contributed by atoms with Crippen molar-refractivity contribution in [1.29, 1.82) is 0 Å². The Labute approximate surface area is 119 Å². The third-order valence-electron chi connectivity index (χ3n) is 3.11. The Bertz CT molecular complexity index is 521. The van der Waals surface area contributed by atoms with Gasteiger partial charge in [-0.2, -0.15) is 0 Å². The number of rotatable bonds is 5. The van der Waals surface area contributed by atoms with Crippen LogP contribution < -0.4 is 0 Å². The van der Waals surface area contributed by atoms with E-state index in [0.717, 1.165) is 15.4 Å². The summed E-state index contributed by atoms with van der Waals surface area (Å²) < 4.78 is 0. The number of aliphatic hydroxyl groups is 1. The molecule has 0 radical (unpaired) electrons. The molecule has 2 rings (SSSR count). The molecule has 1 nitrogen and oxygen atoms in total. The monoisotopic (exact) mass is 270 g/mol. The van der Waals surface area contributed by atoms with Crippen molar-refractivity contribution in [2.75, 3.05) is 0 Å². The molecule has 0 fully saturated rings. The molecule has 0 aliphatic carbocycles. The SMILES string of the molecule is C=C(Sc1ccccc1)C(C)C(O)c1ccccc1. The fourth-order valence-corrected chi connectivity index (χ4v) is 2.76. The van der Waals surface area contributed by atoms with Crippen LogP contribution in [-0.4, -0.2) is 5.11 Å². The molecule has 2 aromatic rings. The zero-order valence-corrected chi connectivity index (χ0v) is 11.8. The third kappa shape index (κ3) is 3.72. The van der Waals surface area contributed by atoms with Crippen molar-refractivity contribution >= 4 is 11.8 Å². The lowest BCUT2D eigenvalue weighted by atomic mass is 9.97. The van der Waals surface area contributed by atoms with Crippen molar-refractivity contribution in [1.82, 2.24) is 0 Å². The van der Waals surface area contributed by atoms with E-state index in [4.69, 9.17) is 0 Å². The summed E-state index contributed by atoms with van der Waals surface area (Å²) in [5.41, 5.74) is 0.935. The molecule has 19 heavy (non-hydrogen) atoms. The Morgan fingerprint density at radius 1 is 1.00 bits per heavy atom. The van der Waals surface area contributed by atoms with Crippen LogP contribution in [0.5, 0.6) is 0 Å². The van der Waals surface area contributed by atoms with Crippen molar-refractivity contribution in [3.63, 3.8) is 0 Å². The van der Waals surface area contributed by atoms with Crippen LogP contribution in [0.2, 0.25) is 0 Å². The summed E-state index contributed by atoms with van der Waals surface area (Å²) >= 11 is 1.62. The molecule has 0 heterocycles. The molecular formula is C17H18OS. The number of aliphatic hydroxyl groups excluding tert-OH is 1. The zero-order valence-electron chi connectivity index (χ0n) is 11.0. The molecule has 0 saturated heterocycles. The molecule has 2 unspecified atom stereocenters. The lowest BCUT2D eigenvalue weighted by molar-refractivity contribution is 0.138. The zero-order chi connectivity index (χ0) is 13.7. The number of benzene rings is 2. The highest BCUT2D eigenvalue weighted by atomic mass is 32.2. The predicted molar refractivity (Wildman–Crippen MR) is 82.0 cm³/mol. The van der Waals surface area contributed by atoms with Gasteiger partial charge in [0.1, 0.15) is 0 Å². The van der Waals surface area contributed by atoms with E-state index >= 15 is 0 Å². The van der Waals surface area contributed by atoms with E-state index in [-0.39, 0.29) is 5.92 Å². The molecular weight excluding hydrogens is 252 g/mol. The van der Waals surface area contributed by atoms with Crippen LogP contribution in [0, 0.1) is 5.92 Å². The van der Waals surface area contributed by atoms with Crippen LogP contribution in [0.1, 0.15) is 18.6 Å². The molecule has 0 saturated carbocycles. The smallest absolute Gasteiger partial charge is 0.0860 e. The van der Waals surface area contributed by atoms with Crippen LogP contribution >= 0.6 is 11.8 Å². The summed E-state index contributed by atoms with van der Waals surface area (Å²) in [6, 6.07) is 19.8. The van der Waals surface area contributed by atoms with E-state index in [1.807, 2.05) is 55.5 Å². The van der Waals surface area contributed by atoms with Gasteiger partial charge in [-0.1, -0.05) is 73.8 Å². The minimum Gasteiger partial charge on any atom is -0.388 e. The standard InChI is InChI=1S/C17H18OS/c1-13(17(18)15-9-5-3-6-10-15)14(2)19-16-11-7-4-8-12-16/h3-13,17-18H,2H2,1H3. The first kappa shape index (κ1) is 13.9. The normalized spacial score (nSPS) is 13.8. The van der Waals surface area contributed by atoms with E-state index in [0.29, 0.717) is 0 Å². The second-order valence-corrected chi connectivity index (χ2v) is 5.73. The first-order chi connectivity index (χ1) is 9.18. The van der Waals surface area contributed by atoms with Gasteiger partial charge in [-0.25, -0.2) is 0 Å². The minimum absolute atomic E-state index is 0.00704. The molecule has 0 amide bonds. The van der Waals surface area contributed by atoms with Crippen LogP contribution in [0.3, 0.4) is 0 Å². The second kappa shape index (κ2) is 6.60. The van der Waals surface area contributed by atoms with Crippen LogP contribution in [-0.2, 0) is 0 Å². The Balaban J connectivity index is 2.03. The molecule has 2 aromatic carbocycles. The van der Waals surface area contributed by atoms with E-state index in [1.165, 1.54) is 0 Å². The summed E-state index contributed by atoms with van der Waals surface area (Å²) in [4.78, 5) is 2.13. The van der Waals surface area contributed by atoms with E-state index < -0.39 is 6.10 Å². The summed E-state index contributed by atoms with van der Waals surface area (Å²) in [6.45, 7) is 6.11. The summed E-state index contributed by atoms with van der Waals surface area (Å²) in [6.07, 6.45) is -0.509. The summed E-state index contributed by atoms with van der Waals surface area (Å²) in [7, 11) is 0. The number of thioether (sulfide) groups is 1. The van der Waals surface area contributed by atoms with Gasteiger partial charge in [0, 0.05) is 10.8 Å². The predicted octanol–water partition coefficient (Wildman–Crippen LogP) is 4.66. The maximum absolute atomic E-state index is 10.4. The van der Waals surface area contributed by atoms with Crippen molar-refractivity contribution in [3.8, 4) is 0 Å². The first-order valence-electron chi connectivity index (χ1n) is 6.33. The van der Waals surface area contributed by atoms with Crippen LogP contribution in [0.15, 0.2) is 77.0 Å². The molecule has 0 aliphatic rings. The molecule has 1 N–H and O–H groups in total. The Kier molecular flexibility index (Phi) is 4.83. The van der Waals surface area contributed by atoms with Crippen molar-refractivity contribution in [2.45, 2.75) is 17.9 Å². The highest BCUT2D eigenvalue weighted by Gasteiger charge is 2.19. The topological polar surface area (TPSA) is 20.2 Å². The Morgan fingerprint density at radius 2 is 1.53 bits per heavy atom. The lowest BCUT2D eigenvalue weighted by Crippen LogP contribution is -2.09. The minimum atomic E-state index is -0.509. The maximum Gasteiger partial charge on any atom is 0.0860 e. The van der Waals surface area contributed by atoms with Gasteiger partial charge in [0.15, 0.2) is 0 Å². The average molecular weight is 270 g/mol. The van der Waals surface area contributed by atoms with Crippen LogP contribution in [0.25, 0.3) is 0 Å². The summed E-state index contributed by atoms with van der Waals surface area (Å²) in [5, 5.41) is 10.4. The average Bonchev–Trinajstić information content (AvgIpc) is 2.47. The van der Waals surface area contributed by atoms with E-state index in [2.05, 4.69) is 18.7 Å². The number of hydrogen-bond acceptors (Lipinski definition) is 2. The van der Waals surface area contributed by atoms with E-state index in [9.17, 15) is 5.11 Å². The first-order valence-corrected chi connectivity index (χ1v) is 7.15. The van der Waals surface area contributed by atoms with Gasteiger partial charge >= 0.3 is 0 Å². The van der Waals surface area contributed by atoms with Crippen molar-refractivity contribution in [3.05, 3.63) is 77.7 Å². The van der Waals surface area contributed by atoms with Gasteiger partial charge in [-0.15, -0.1) is 0 Å². The van der Waals surface area contributed by atoms with Gasteiger partial charge in [0.25, 0.3) is 0 Å².